The topological polar surface area (TPSA) is 54.5 Å². The summed E-state index contributed by atoms with van der Waals surface area (Å²) in [6.07, 6.45) is 3.23. The number of nitrogens with zero attached hydrogens (tertiary/aromatic N) is 1. The van der Waals surface area contributed by atoms with Crippen LogP contribution in [0.5, 0.6) is 0 Å². The quantitative estimate of drug-likeness (QED) is 0.0739. The van der Waals surface area contributed by atoms with Crippen LogP contribution < -0.4 is 0 Å². The molecule has 0 aliphatic heterocycles. The summed E-state index contributed by atoms with van der Waals surface area (Å²) in [7, 11) is 0. The maximum Gasteiger partial charge on any atom is 0.316 e. The average Bonchev–Trinajstić information content (AvgIpc) is 2.80. The standard InChI is InChI=1S/C31H36N.C5H8O2.Ir/c1-29(2,3)21-12-10-11-20(17-21)28-25-14-13-24-26(23(25)15-16-32-28)18-22(30(4,5)6)19-27(24)31(7,8)9;1-4(6)3-5(2)7;/h10,12-19H,1-9H3;3,6H,1-2H3;/q-1;;/p+1/b;4-3-;. The van der Waals surface area contributed by atoms with Crippen molar-refractivity contribution in [2.75, 3.05) is 0 Å². The number of hydrogen-bond acceptors (Lipinski definition) is 2. The Hall–Kier alpha value is -2.81. The average molecular weight is 716 g/mol. The van der Waals surface area contributed by atoms with Crippen molar-refractivity contribution in [3.63, 3.8) is 0 Å². The minimum atomic E-state index is 0. The Morgan fingerprint density at radius 3 is 1.85 bits per heavy atom. The molecule has 2 N–H and O–H groups in total. The van der Waals surface area contributed by atoms with Crippen LogP contribution in [-0.4, -0.2) is 20.7 Å². The van der Waals surface area contributed by atoms with E-state index in [2.05, 4.69) is 111 Å². The second-order valence-corrected chi connectivity index (χ2v) is 13.6. The third-order valence-electron chi connectivity index (χ3n) is 6.89. The van der Waals surface area contributed by atoms with Gasteiger partial charge in [-0.05, 0) is 67.6 Å². The summed E-state index contributed by atoms with van der Waals surface area (Å²) < 4.78 is 0. The van der Waals surface area contributed by atoms with E-state index in [0.29, 0.717) is 0 Å². The van der Waals surface area contributed by atoms with Crippen molar-refractivity contribution in [3.05, 3.63) is 89.3 Å². The molecule has 0 aliphatic rings. The summed E-state index contributed by atoms with van der Waals surface area (Å²) in [5, 5.41) is 13.5. The summed E-state index contributed by atoms with van der Waals surface area (Å²) in [4.78, 5) is 13.2. The zero-order valence-corrected chi connectivity index (χ0v) is 28.3. The van der Waals surface area contributed by atoms with Crippen LogP contribution in [0, 0.1) is 6.07 Å². The van der Waals surface area contributed by atoms with Crippen molar-refractivity contribution in [1.82, 2.24) is 4.98 Å². The Balaban J connectivity index is 0.000000623. The van der Waals surface area contributed by atoms with E-state index in [0.717, 1.165) is 11.3 Å². The smallest absolute Gasteiger partial charge is 0.316 e. The van der Waals surface area contributed by atoms with Gasteiger partial charge in [0.2, 0.25) is 0 Å². The largest absolute Gasteiger partial charge is 0.512 e. The van der Waals surface area contributed by atoms with Gasteiger partial charge in [-0.3, -0.25) is 4.79 Å². The normalized spacial score (nSPS) is 12.5. The van der Waals surface area contributed by atoms with Crippen molar-refractivity contribution in [2.24, 2.45) is 0 Å². The van der Waals surface area contributed by atoms with E-state index >= 15 is 0 Å². The number of allylic oxidation sites excluding steroid dienone is 2. The molecule has 0 amide bonds. The number of fused-ring (bicyclic) bond motifs is 3. The Kier molecular flexibility index (Phi) is 10.3. The number of rotatable bonds is 2. The van der Waals surface area contributed by atoms with Crippen LogP contribution in [0.15, 0.2) is 66.6 Å². The number of aliphatic hydroxyl groups excluding tert-OH is 1. The van der Waals surface area contributed by atoms with Gasteiger partial charge in [0.15, 0.2) is 0 Å². The molecule has 4 aromatic rings. The molecular weight excluding hydrogens is 671 g/mol. The minimum Gasteiger partial charge on any atom is -0.512 e. The van der Waals surface area contributed by atoms with Crippen LogP contribution in [0.4, 0.5) is 0 Å². The van der Waals surface area contributed by atoms with E-state index in [1.807, 2.05) is 12.3 Å². The maximum atomic E-state index is 8.40. The fourth-order valence-corrected chi connectivity index (χ4v) is 4.74. The Labute approximate surface area is 254 Å². The molecule has 0 spiro atoms. The van der Waals surface area contributed by atoms with Gasteiger partial charge in [0.25, 0.3) is 0 Å². The van der Waals surface area contributed by atoms with Gasteiger partial charge < -0.3 is 10.1 Å². The van der Waals surface area contributed by atoms with E-state index in [9.17, 15) is 0 Å². The first-order chi connectivity index (χ1) is 17.9. The molecule has 4 rings (SSSR count). The first-order valence-electron chi connectivity index (χ1n) is 13.7. The molecule has 3 nitrogen and oxygen atoms in total. The number of benzene rings is 3. The molecule has 0 unspecified atom stereocenters. The van der Waals surface area contributed by atoms with Gasteiger partial charge in [0, 0.05) is 26.3 Å². The van der Waals surface area contributed by atoms with Gasteiger partial charge >= 0.3 is 5.78 Å². The third-order valence-corrected chi connectivity index (χ3v) is 6.89. The molecular formula is C36H45IrNO2. The van der Waals surface area contributed by atoms with Crippen LogP contribution in [0.25, 0.3) is 32.8 Å². The van der Waals surface area contributed by atoms with E-state index in [-0.39, 0.29) is 47.9 Å². The number of carbonyl (C=O) groups excluding carboxylic acids is 1. The summed E-state index contributed by atoms with van der Waals surface area (Å²) in [5.74, 6) is 0.250. The summed E-state index contributed by atoms with van der Waals surface area (Å²) in [6.45, 7) is 23.6. The SMILES string of the molecule is CC(=[OH+])/C=C(/C)O.CC(C)(C)c1cc[c-]c(-c2nccc3c2ccc2c(C(C)(C)C)cc(C(C)(C)C)cc23)c1.[Ir]. The third kappa shape index (κ3) is 7.89. The van der Waals surface area contributed by atoms with Crippen LogP contribution >= 0.6 is 0 Å². The predicted octanol–water partition coefficient (Wildman–Crippen LogP) is 9.76. The van der Waals surface area contributed by atoms with Crippen LogP contribution in [0.3, 0.4) is 0 Å². The van der Waals surface area contributed by atoms with Crippen molar-refractivity contribution < 1.29 is 30.0 Å². The molecule has 0 saturated carbocycles. The van der Waals surface area contributed by atoms with E-state index in [4.69, 9.17) is 14.9 Å². The number of aromatic nitrogens is 1. The Bertz CT molecular complexity index is 1540. The van der Waals surface area contributed by atoms with Gasteiger partial charge in [-0.25, -0.2) is 0 Å². The zero-order valence-electron chi connectivity index (χ0n) is 25.9. The maximum absolute atomic E-state index is 8.40. The van der Waals surface area contributed by atoms with Gasteiger partial charge in [-0.1, -0.05) is 86.6 Å². The predicted molar refractivity (Wildman–Crippen MR) is 169 cm³/mol. The summed E-state index contributed by atoms with van der Waals surface area (Å²) in [5.41, 5.74) is 6.39. The Morgan fingerprint density at radius 2 is 1.35 bits per heavy atom. The van der Waals surface area contributed by atoms with Crippen LogP contribution in [0.1, 0.15) is 92.9 Å². The second kappa shape index (κ2) is 12.4. The molecule has 1 radical (unpaired) electrons. The summed E-state index contributed by atoms with van der Waals surface area (Å²) in [6, 6.07) is 21.4. The first kappa shape index (κ1) is 33.4. The second-order valence-electron chi connectivity index (χ2n) is 13.6. The van der Waals surface area contributed by atoms with Gasteiger partial charge in [0.1, 0.15) is 0 Å². The number of hydrogen-bond donors (Lipinski definition) is 1. The molecule has 3 aromatic carbocycles. The molecule has 1 aromatic heterocycles. The molecule has 0 bridgehead atoms. The number of ketones is 1. The van der Waals surface area contributed by atoms with Crippen molar-refractivity contribution in [3.8, 4) is 11.3 Å². The number of pyridine rings is 1. The minimum absolute atomic E-state index is 0. The van der Waals surface area contributed by atoms with Gasteiger partial charge in [0.05, 0.1) is 18.8 Å². The van der Waals surface area contributed by atoms with E-state index < -0.39 is 0 Å². The number of aliphatic hydroxyl groups is 1. The summed E-state index contributed by atoms with van der Waals surface area (Å²) >= 11 is 0. The first-order valence-corrected chi connectivity index (χ1v) is 13.7. The van der Waals surface area contributed by atoms with Gasteiger partial charge in [-0.2, -0.15) is 0 Å². The molecule has 1 heterocycles. The fourth-order valence-electron chi connectivity index (χ4n) is 4.74. The van der Waals surface area contributed by atoms with Crippen molar-refractivity contribution >= 4 is 27.3 Å². The molecule has 0 atom stereocenters. The fraction of sp³-hybridized carbons (Fsp3) is 0.389. The monoisotopic (exact) mass is 716 g/mol. The van der Waals surface area contributed by atoms with Crippen LogP contribution in [0.2, 0.25) is 0 Å². The Morgan fingerprint density at radius 1 is 0.750 bits per heavy atom. The van der Waals surface area contributed by atoms with Crippen LogP contribution in [-0.2, 0) is 36.4 Å². The molecule has 0 saturated heterocycles. The van der Waals surface area contributed by atoms with E-state index in [1.54, 1.807) is 0 Å². The molecule has 215 valence electrons. The molecule has 0 aliphatic carbocycles. The van der Waals surface area contributed by atoms with Crippen molar-refractivity contribution in [2.45, 2.75) is 92.4 Å². The molecule has 4 heteroatoms. The van der Waals surface area contributed by atoms with Gasteiger partial charge in [-0.15, -0.1) is 35.4 Å². The van der Waals surface area contributed by atoms with Crippen molar-refractivity contribution in [1.29, 1.82) is 0 Å². The van der Waals surface area contributed by atoms with E-state index in [1.165, 1.54) is 58.2 Å². The molecule has 0 fully saturated rings. The molecule has 40 heavy (non-hydrogen) atoms. The zero-order chi connectivity index (χ0) is 29.3.